The Morgan fingerprint density at radius 3 is 2.45 bits per heavy atom. The quantitative estimate of drug-likeness (QED) is 0.511. The second kappa shape index (κ2) is 8.91. The van der Waals surface area contributed by atoms with Gasteiger partial charge in [-0.2, -0.15) is 0 Å². The molecule has 0 unspecified atom stereocenters. The normalized spacial score (nSPS) is 14.3. The summed E-state index contributed by atoms with van der Waals surface area (Å²) >= 11 is 0. The summed E-state index contributed by atoms with van der Waals surface area (Å²) < 4.78 is 10.4. The fourth-order valence-electron chi connectivity index (χ4n) is 3.23. The number of amides is 1. The third-order valence-corrected chi connectivity index (χ3v) is 5.07. The Morgan fingerprint density at radius 2 is 1.90 bits per heavy atom. The molecular formula is C21H25N3O5. The molecule has 0 aromatic heterocycles. The molecular weight excluding hydrogens is 374 g/mol. The highest BCUT2D eigenvalue weighted by atomic mass is 16.6. The number of benzene rings is 2. The molecule has 0 spiro atoms. The molecule has 0 bridgehead atoms. The highest BCUT2D eigenvalue weighted by Gasteiger charge is 2.35. The third kappa shape index (κ3) is 5.03. The van der Waals surface area contributed by atoms with Crippen molar-refractivity contribution in [3.8, 4) is 11.5 Å². The predicted octanol–water partition coefficient (Wildman–Crippen LogP) is 3.60. The highest BCUT2D eigenvalue weighted by Crippen LogP contribution is 2.32. The largest absolute Gasteiger partial charge is 0.497 e. The number of nitro benzene ring substituents is 1. The van der Waals surface area contributed by atoms with Gasteiger partial charge in [0.05, 0.1) is 30.9 Å². The van der Waals surface area contributed by atoms with Crippen molar-refractivity contribution in [2.75, 3.05) is 19.5 Å². The number of hydrogen-bond donors (Lipinski definition) is 1. The van der Waals surface area contributed by atoms with E-state index in [-0.39, 0.29) is 11.6 Å². The maximum atomic E-state index is 12.9. The fourth-order valence-corrected chi connectivity index (χ4v) is 3.23. The number of carbonyl (C=O) groups is 1. The number of non-ortho nitro benzene ring substituents is 1. The lowest BCUT2D eigenvalue weighted by atomic mass is 10.1. The summed E-state index contributed by atoms with van der Waals surface area (Å²) in [4.78, 5) is 25.6. The first-order valence-corrected chi connectivity index (χ1v) is 9.45. The van der Waals surface area contributed by atoms with Crippen LogP contribution >= 0.6 is 0 Å². The lowest BCUT2D eigenvalue weighted by Crippen LogP contribution is -2.43. The maximum absolute atomic E-state index is 12.9. The fraction of sp³-hybridized carbons (Fsp3) is 0.381. The second-order valence-electron chi connectivity index (χ2n) is 7.06. The van der Waals surface area contributed by atoms with E-state index in [2.05, 4.69) is 10.2 Å². The summed E-state index contributed by atoms with van der Waals surface area (Å²) in [6.07, 6.45) is 2.10. The monoisotopic (exact) mass is 399 g/mol. The van der Waals surface area contributed by atoms with Crippen LogP contribution < -0.4 is 14.8 Å². The zero-order valence-electron chi connectivity index (χ0n) is 16.8. The molecule has 29 heavy (non-hydrogen) atoms. The number of methoxy groups -OCH3 is 2. The van der Waals surface area contributed by atoms with E-state index in [9.17, 15) is 14.9 Å². The van der Waals surface area contributed by atoms with Crippen molar-refractivity contribution < 1.29 is 19.2 Å². The van der Waals surface area contributed by atoms with Crippen molar-refractivity contribution in [1.29, 1.82) is 0 Å². The van der Waals surface area contributed by atoms with Gasteiger partial charge in [0.1, 0.15) is 11.5 Å². The van der Waals surface area contributed by atoms with Crippen LogP contribution in [0.2, 0.25) is 0 Å². The molecule has 1 fully saturated rings. The zero-order chi connectivity index (χ0) is 21.0. The van der Waals surface area contributed by atoms with Crippen molar-refractivity contribution in [1.82, 2.24) is 4.90 Å². The van der Waals surface area contributed by atoms with Crippen molar-refractivity contribution in [3.63, 3.8) is 0 Å². The molecule has 1 N–H and O–H groups in total. The Hall–Kier alpha value is -3.13. The number of rotatable bonds is 9. The summed E-state index contributed by atoms with van der Waals surface area (Å²) in [5.74, 6) is 0.934. The van der Waals surface area contributed by atoms with E-state index < -0.39 is 11.0 Å². The van der Waals surface area contributed by atoms with Gasteiger partial charge in [-0.05, 0) is 43.5 Å². The van der Waals surface area contributed by atoms with Gasteiger partial charge in [0.15, 0.2) is 0 Å². The molecule has 1 aliphatic rings. The number of carbonyl (C=O) groups excluding carboxylic acids is 1. The Bertz CT molecular complexity index is 880. The van der Waals surface area contributed by atoms with Crippen molar-refractivity contribution in [3.05, 3.63) is 58.1 Å². The van der Waals surface area contributed by atoms with Crippen molar-refractivity contribution in [2.45, 2.75) is 38.4 Å². The van der Waals surface area contributed by atoms with Crippen LogP contribution in [0.15, 0.2) is 42.5 Å². The Kier molecular flexibility index (Phi) is 6.33. The molecule has 8 nitrogen and oxygen atoms in total. The van der Waals surface area contributed by atoms with E-state index in [0.717, 1.165) is 24.2 Å². The van der Waals surface area contributed by atoms with Gasteiger partial charge < -0.3 is 14.8 Å². The second-order valence-corrected chi connectivity index (χ2v) is 7.06. The number of nitrogens with one attached hydrogen (secondary N) is 1. The van der Waals surface area contributed by atoms with Gasteiger partial charge in [-0.15, -0.1) is 0 Å². The van der Waals surface area contributed by atoms with Gasteiger partial charge in [-0.25, -0.2) is 0 Å². The number of nitrogens with zero attached hydrogens (tertiary/aromatic N) is 2. The number of ether oxygens (including phenoxy) is 2. The summed E-state index contributed by atoms with van der Waals surface area (Å²) in [5.41, 5.74) is 1.27. The van der Waals surface area contributed by atoms with E-state index >= 15 is 0 Å². The SMILES string of the molecule is COc1ccc(CN(C2CC2)[C@@H](C)C(=O)Nc2cc([N+](=O)[O-])ccc2OC)cc1. The van der Waals surface area contributed by atoms with Crippen LogP contribution in [0, 0.1) is 10.1 Å². The first kappa shape index (κ1) is 20.6. The van der Waals surface area contributed by atoms with Gasteiger partial charge in [0.25, 0.3) is 5.69 Å². The molecule has 1 aliphatic carbocycles. The van der Waals surface area contributed by atoms with Crippen molar-refractivity contribution in [2.24, 2.45) is 0 Å². The van der Waals surface area contributed by atoms with Crippen LogP contribution in [-0.2, 0) is 11.3 Å². The number of hydrogen-bond acceptors (Lipinski definition) is 6. The van der Waals surface area contributed by atoms with E-state index in [0.29, 0.717) is 24.0 Å². The lowest BCUT2D eigenvalue weighted by Gasteiger charge is -2.28. The standard InChI is InChI=1S/C21H25N3O5/c1-14(21(25)22-19-12-17(24(26)27)8-11-20(19)29-3)23(16-6-7-16)13-15-4-9-18(28-2)10-5-15/h4-5,8-12,14,16H,6-7,13H2,1-3H3,(H,22,25)/t14-/m0/s1. The topological polar surface area (TPSA) is 93.9 Å². The summed E-state index contributed by atoms with van der Waals surface area (Å²) in [5, 5.41) is 13.9. The van der Waals surface area contributed by atoms with Gasteiger partial charge >= 0.3 is 0 Å². The molecule has 0 saturated heterocycles. The molecule has 2 aromatic rings. The van der Waals surface area contributed by atoms with Crippen LogP contribution in [-0.4, -0.2) is 42.0 Å². The van der Waals surface area contributed by atoms with E-state index in [1.165, 1.54) is 25.3 Å². The van der Waals surface area contributed by atoms with Crippen LogP contribution in [0.3, 0.4) is 0 Å². The molecule has 1 saturated carbocycles. The van der Waals surface area contributed by atoms with Gasteiger partial charge in [-0.1, -0.05) is 12.1 Å². The van der Waals surface area contributed by atoms with Gasteiger partial charge in [-0.3, -0.25) is 19.8 Å². The molecule has 154 valence electrons. The molecule has 0 radical (unpaired) electrons. The third-order valence-electron chi connectivity index (χ3n) is 5.07. The molecule has 3 rings (SSSR count). The minimum absolute atomic E-state index is 0.106. The first-order valence-electron chi connectivity index (χ1n) is 9.45. The smallest absolute Gasteiger partial charge is 0.271 e. The van der Waals surface area contributed by atoms with E-state index in [1.54, 1.807) is 7.11 Å². The van der Waals surface area contributed by atoms with E-state index in [1.807, 2.05) is 31.2 Å². The van der Waals surface area contributed by atoms with Crippen LogP contribution in [0.1, 0.15) is 25.3 Å². The lowest BCUT2D eigenvalue weighted by molar-refractivity contribution is -0.384. The molecule has 2 aromatic carbocycles. The average Bonchev–Trinajstić information content (AvgIpc) is 3.57. The maximum Gasteiger partial charge on any atom is 0.271 e. The zero-order valence-corrected chi connectivity index (χ0v) is 16.8. The molecule has 0 heterocycles. The molecule has 1 atom stereocenters. The number of nitro groups is 1. The minimum Gasteiger partial charge on any atom is -0.497 e. The molecule has 0 aliphatic heterocycles. The number of anilines is 1. The summed E-state index contributed by atoms with van der Waals surface area (Å²) in [6, 6.07) is 11.9. The molecule has 8 heteroatoms. The van der Waals surface area contributed by atoms with Gasteiger partial charge in [0.2, 0.25) is 5.91 Å². The summed E-state index contributed by atoms with van der Waals surface area (Å²) in [7, 11) is 3.08. The van der Waals surface area contributed by atoms with Gasteiger partial charge in [0, 0.05) is 24.7 Å². The predicted molar refractivity (Wildman–Crippen MR) is 109 cm³/mol. The van der Waals surface area contributed by atoms with E-state index in [4.69, 9.17) is 9.47 Å². The minimum atomic E-state index is -0.501. The molecule has 1 amide bonds. The van der Waals surface area contributed by atoms with Crippen LogP contribution in [0.25, 0.3) is 0 Å². The summed E-state index contributed by atoms with van der Waals surface area (Å²) in [6.45, 7) is 2.48. The Morgan fingerprint density at radius 1 is 1.21 bits per heavy atom. The highest BCUT2D eigenvalue weighted by molar-refractivity contribution is 5.96. The van der Waals surface area contributed by atoms with Crippen molar-refractivity contribution >= 4 is 17.3 Å². The van der Waals surface area contributed by atoms with Crippen LogP contribution in [0.4, 0.5) is 11.4 Å². The Balaban J connectivity index is 1.74. The average molecular weight is 399 g/mol. The first-order chi connectivity index (χ1) is 13.9. The Labute approximate surface area is 169 Å². The van der Waals surface area contributed by atoms with Crippen LogP contribution in [0.5, 0.6) is 11.5 Å².